The van der Waals surface area contributed by atoms with Crippen molar-refractivity contribution in [1.82, 2.24) is 0 Å². The lowest BCUT2D eigenvalue weighted by molar-refractivity contribution is 0.103. The summed E-state index contributed by atoms with van der Waals surface area (Å²) in [5, 5.41) is 0.609. The highest BCUT2D eigenvalue weighted by atomic mass is 79.9. The Labute approximate surface area is 180 Å². The van der Waals surface area contributed by atoms with Gasteiger partial charge in [0.25, 0.3) is 10.0 Å². The lowest BCUT2D eigenvalue weighted by Gasteiger charge is -2.11. The molecule has 0 saturated heterocycles. The highest BCUT2D eigenvalue weighted by molar-refractivity contribution is 9.10. The van der Waals surface area contributed by atoms with Crippen LogP contribution in [-0.4, -0.2) is 14.2 Å². The van der Waals surface area contributed by atoms with E-state index in [9.17, 15) is 18.0 Å². The van der Waals surface area contributed by atoms with Gasteiger partial charge in [0.15, 0.2) is 0 Å². The second-order valence-electron chi connectivity index (χ2n) is 6.43. The predicted molar refractivity (Wildman–Crippen MR) is 117 cm³/mol. The van der Waals surface area contributed by atoms with Crippen LogP contribution in [0.4, 0.5) is 5.69 Å². The Bertz CT molecular complexity index is 1430. The van der Waals surface area contributed by atoms with Gasteiger partial charge in [-0.1, -0.05) is 52.3 Å². The van der Waals surface area contributed by atoms with Gasteiger partial charge in [-0.15, -0.1) is 0 Å². The molecular formula is C22H14BrNO5S. The molecule has 3 aromatic carbocycles. The van der Waals surface area contributed by atoms with Crippen LogP contribution in [0, 0.1) is 0 Å². The molecule has 1 N–H and O–H groups in total. The summed E-state index contributed by atoms with van der Waals surface area (Å²) in [6.07, 6.45) is 0. The first-order valence-corrected chi connectivity index (χ1v) is 11.1. The fourth-order valence-corrected chi connectivity index (χ4v) is 4.44. The molecule has 0 radical (unpaired) electrons. The highest BCUT2D eigenvalue weighted by Gasteiger charge is 2.20. The SMILES string of the molecule is O=C(c1cc(NS(=O)(=O)c2ccccc2)ccc1Br)c1cc2ccccc2oc1=O. The highest BCUT2D eigenvalue weighted by Crippen LogP contribution is 2.26. The monoisotopic (exact) mass is 483 g/mol. The number of fused-ring (bicyclic) bond motifs is 1. The average molecular weight is 484 g/mol. The summed E-state index contributed by atoms with van der Waals surface area (Å²) in [6.45, 7) is 0. The van der Waals surface area contributed by atoms with Crippen molar-refractivity contribution in [3.05, 3.63) is 105 Å². The molecule has 150 valence electrons. The molecule has 4 rings (SSSR count). The van der Waals surface area contributed by atoms with Gasteiger partial charge in [0.1, 0.15) is 11.1 Å². The van der Waals surface area contributed by atoms with E-state index in [0.717, 1.165) is 0 Å². The van der Waals surface area contributed by atoms with Gasteiger partial charge in [0, 0.05) is 21.1 Å². The maximum Gasteiger partial charge on any atom is 0.347 e. The molecule has 8 heteroatoms. The molecule has 0 bridgehead atoms. The van der Waals surface area contributed by atoms with Gasteiger partial charge >= 0.3 is 5.63 Å². The van der Waals surface area contributed by atoms with Crippen molar-refractivity contribution in [3.63, 3.8) is 0 Å². The summed E-state index contributed by atoms with van der Waals surface area (Å²) in [6, 6.07) is 20.6. The second-order valence-corrected chi connectivity index (χ2v) is 8.96. The van der Waals surface area contributed by atoms with E-state index < -0.39 is 21.4 Å². The number of rotatable bonds is 5. The molecule has 0 aliphatic carbocycles. The smallest absolute Gasteiger partial charge is 0.347 e. The molecule has 0 aliphatic rings. The Morgan fingerprint density at radius 1 is 0.867 bits per heavy atom. The maximum atomic E-state index is 13.1. The topological polar surface area (TPSA) is 93.4 Å². The molecule has 4 aromatic rings. The van der Waals surface area contributed by atoms with Crippen LogP contribution in [-0.2, 0) is 10.0 Å². The van der Waals surface area contributed by atoms with E-state index in [1.807, 2.05) is 0 Å². The van der Waals surface area contributed by atoms with Crippen LogP contribution in [0.2, 0.25) is 0 Å². The van der Waals surface area contributed by atoms with Crippen LogP contribution in [0.3, 0.4) is 0 Å². The number of ketones is 1. The summed E-state index contributed by atoms with van der Waals surface area (Å²) in [5.41, 5.74) is -0.206. The molecule has 0 amide bonds. The van der Waals surface area contributed by atoms with Gasteiger partial charge in [-0.2, -0.15) is 0 Å². The van der Waals surface area contributed by atoms with Gasteiger partial charge in [0.05, 0.1) is 4.90 Å². The number of nitrogens with one attached hydrogen (secondary N) is 1. The Morgan fingerprint density at radius 3 is 2.33 bits per heavy atom. The van der Waals surface area contributed by atoms with E-state index in [4.69, 9.17) is 4.42 Å². The number of hydrogen-bond acceptors (Lipinski definition) is 5. The minimum Gasteiger partial charge on any atom is -0.422 e. The number of anilines is 1. The third kappa shape index (κ3) is 3.92. The van der Waals surface area contributed by atoms with Gasteiger partial charge in [-0.05, 0) is 42.5 Å². The minimum absolute atomic E-state index is 0.0935. The Morgan fingerprint density at radius 2 is 1.57 bits per heavy atom. The van der Waals surface area contributed by atoms with Crippen LogP contribution < -0.4 is 10.3 Å². The summed E-state index contributed by atoms with van der Waals surface area (Å²) < 4.78 is 33.2. The maximum absolute atomic E-state index is 13.1. The lowest BCUT2D eigenvalue weighted by Crippen LogP contribution is -2.16. The van der Waals surface area contributed by atoms with E-state index in [2.05, 4.69) is 20.7 Å². The summed E-state index contributed by atoms with van der Waals surface area (Å²) in [7, 11) is -3.83. The van der Waals surface area contributed by atoms with Gasteiger partial charge in [-0.3, -0.25) is 9.52 Å². The third-order valence-electron chi connectivity index (χ3n) is 4.40. The molecule has 0 unspecified atom stereocenters. The number of para-hydroxylation sites is 1. The van der Waals surface area contributed by atoms with Crippen LogP contribution in [0.25, 0.3) is 11.0 Å². The standard InChI is InChI=1S/C22H14BrNO5S/c23-19-11-10-15(24-30(27,28)16-7-2-1-3-8-16)13-17(19)21(25)18-12-14-6-4-5-9-20(14)29-22(18)26/h1-13,24H. The van der Waals surface area contributed by atoms with Crippen LogP contribution >= 0.6 is 15.9 Å². The Hall–Kier alpha value is -3.23. The second kappa shape index (κ2) is 7.89. The Balaban J connectivity index is 1.73. The molecule has 6 nitrogen and oxygen atoms in total. The van der Waals surface area contributed by atoms with Crippen LogP contribution in [0.1, 0.15) is 15.9 Å². The first kappa shape index (κ1) is 20.1. The van der Waals surface area contributed by atoms with Crippen molar-refractivity contribution in [2.45, 2.75) is 4.90 Å². The van der Waals surface area contributed by atoms with Gasteiger partial charge in [0.2, 0.25) is 5.78 Å². The predicted octanol–water partition coefficient (Wildman–Crippen LogP) is 4.59. The van der Waals surface area contributed by atoms with Crippen molar-refractivity contribution < 1.29 is 17.6 Å². The average Bonchev–Trinajstić information content (AvgIpc) is 2.74. The van der Waals surface area contributed by atoms with E-state index >= 15 is 0 Å². The summed E-state index contributed by atoms with van der Waals surface area (Å²) in [4.78, 5) is 25.5. The van der Waals surface area contributed by atoms with E-state index in [1.54, 1.807) is 48.5 Å². The van der Waals surface area contributed by atoms with Crippen LogP contribution in [0.15, 0.2) is 97.4 Å². The number of hydrogen-bond donors (Lipinski definition) is 1. The molecule has 0 saturated carbocycles. The third-order valence-corrected chi connectivity index (χ3v) is 6.49. The zero-order valence-electron chi connectivity index (χ0n) is 15.3. The Kier molecular flexibility index (Phi) is 5.27. The largest absolute Gasteiger partial charge is 0.422 e. The number of sulfonamides is 1. The zero-order valence-corrected chi connectivity index (χ0v) is 17.7. The lowest BCUT2D eigenvalue weighted by atomic mass is 10.0. The number of carbonyl (C=O) groups excluding carboxylic acids is 1. The van der Waals surface area contributed by atoms with E-state index in [1.165, 1.54) is 30.3 Å². The van der Waals surface area contributed by atoms with Crippen molar-refractivity contribution in [2.24, 2.45) is 0 Å². The zero-order chi connectivity index (χ0) is 21.3. The molecule has 0 spiro atoms. The van der Waals surface area contributed by atoms with Crippen molar-refractivity contribution in [1.29, 1.82) is 0 Å². The van der Waals surface area contributed by atoms with Crippen molar-refractivity contribution >= 4 is 48.4 Å². The normalized spacial score (nSPS) is 11.4. The van der Waals surface area contributed by atoms with Crippen LogP contribution in [0.5, 0.6) is 0 Å². The molecule has 30 heavy (non-hydrogen) atoms. The molecule has 1 heterocycles. The quantitative estimate of drug-likeness (QED) is 0.331. The number of carbonyl (C=O) groups is 1. The minimum atomic E-state index is -3.83. The first-order valence-electron chi connectivity index (χ1n) is 8.80. The summed E-state index contributed by atoms with van der Waals surface area (Å²) in [5.74, 6) is -0.581. The molecule has 0 fully saturated rings. The number of halogens is 1. The van der Waals surface area contributed by atoms with Gasteiger partial charge in [-0.25, -0.2) is 13.2 Å². The number of benzene rings is 3. The summed E-state index contributed by atoms with van der Waals surface area (Å²) >= 11 is 3.30. The molecule has 1 aromatic heterocycles. The van der Waals surface area contributed by atoms with E-state index in [0.29, 0.717) is 15.4 Å². The fraction of sp³-hybridized carbons (Fsp3) is 0. The van der Waals surface area contributed by atoms with Crippen molar-refractivity contribution in [3.8, 4) is 0 Å². The van der Waals surface area contributed by atoms with Gasteiger partial charge < -0.3 is 4.42 Å². The fourth-order valence-electron chi connectivity index (χ4n) is 2.94. The van der Waals surface area contributed by atoms with Crippen molar-refractivity contribution in [2.75, 3.05) is 4.72 Å². The van der Waals surface area contributed by atoms with E-state index in [-0.39, 0.29) is 21.7 Å². The molecule has 0 aliphatic heterocycles. The first-order chi connectivity index (χ1) is 14.3. The molecule has 0 atom stereocenters. The molecular weight excluding hydrogens is 470 g/mol.